The van der Waals surface area contributed by atoms with Crippen LogP contribution in [0.5, 0.6) is 0 Å². The highest BCUT2D eigenvalue weighted by Gasteiger charge is 2.52. The molecule has 1 N–H and O–H groups in total. The van der Waals surface area contributed by atoms with Gasteiger partial charge in [0, 0.05) is 18.5 Å². The Morgan fingerprint density at radius 2 is 1.84 bits per heavy atom. The normalized spacial score (nSPS) is 24.2. The minimum Gasteiger partial charge on any atom is -0.331 e. The van der Waals surface area contributed by atoms with E-state index in [0.29, 0.717) is 24.8 Å². The minimum absolute atomic E-state index is 0.0127. The van der Waals surface area contributed by atoms with E-state index in [4.69, 9.17) is 0 Å². The van der Waals surface area contributed by atoms with Gasteiger partial charge in [-0.15, -0.1) is 0 Å². The monoisotopic (exact) mass is 362 g/mol. The van der Waals surface area contributed by atoms with Crippen LogP contribution in [-0.2, 0) is 4.79 Å². The summed E-state index contributed by atoms with van der Waals surface area (Å²) >= 11 is 0. The van der Waals surface area contributed by atoms with Crippen molar-refractivity contribution in [1.29, 1.82) is 0 Å². The Hall–Kier alpha value is -1.70. The first-order chi connectivity index (χ1) is 11.8. The number of hydrogen-bond donors (Lipinski definition) is 1. The predicted molar refractivity (Wildman–Crippen MR) is 80.9 cm³/mol. The van der Waals surface area contributed by atoms with Crippen LogP contribution in [0.15, 0.2) is 18.2 Å². The first-order valence-corrected chi connectivity index (χ1v) is 8.31. The van der Waals surface area contributed by atoms with E-state index in [1.165, 1.54) is 6.07 Å². The number of benzene rings is 1. The largest absolute Gasteiger partial charge is 0.471 e. The number of amides is 1. The number of piperidine rings is 1. The highest BCUT2D eigenvalue weighted by atomic mass is 19.4. The number of hydrogen-bond acceptors (Lipinski definition) is 2. The maximum absolute atomic E-state index is 13.4. The Bertz CT molecular complexity index is 642. The van der Waals surface area contributed by atoms with Gasteiger partial charge in [0.1, 0.15) is 0 Å². The zero-order valence-electron chi connectivity index (χ0n) is 13.5. The summed E-state index contributed by atoms with van der Waals surface area (Å²) < 4.78 is 65.3. The quantitative estimate of drug-likeness (QED) is 0.835. The third-order valence-electron chi connectivity index (χ3n) is 4.95. The summed E-state index contributed by atoms with van der Waals surface area (Å²) in [7, 11) is 0. The highest BCUT2D eigenvalue weighted by molar-refractivity contribution is 5.82. The van der Waals surface area contributed by atoms with Crippen LogP contribution in [0.25, 0.3) is 0 Å². The number of rotatable bonds is 4. The molecule has 3 nitrogen and oxygen atoms in total. The zero-order valence-corrected chi connectivity index (χ0v) is 13.5. The Balaban J connectivity index is 1.75. The fraction of sp³-hybridized carbons (Fsp3) is 0.588. The zero-order chi connectivity index (χ0) is 18.2. The van der Waals surface area contributed by atoms with E-state index >= 15 is 0 Å². The molecule has 2 atom stereocenters. The molecule has 0 bridgehead atoms. The summed E-state index contributed by atoms with van der Waals surface area (Å²) in [4.78, 5) is 12.8. The van der Waals surface area contributed by atoms with Gasteiger partial charge in [-0.3, -0.25) is 4.79 Å². The SMILES string of the molecule is O=C(N(CC1CCNCC1)C1CC1c1ccc(F)c(F)c1)C(F)(F)F. The smallest absolute Gasteiger partial charge is 0.331 e. The van der Waals surface area contributed by atoms with Gasteiger partial charge >= 0.3 is 12.1 Å². The Morgan fingerprint density at radius 3 is 2.44 bits per heavy atom. The molecule has 2 aliphatic rings. The van der Waals surface area contributed by atoms with Gasteiger partial charge in [0.05, 0.1) is 0 Å². The van der Waals surface area contributed by atoms with Crippen molar-refractivity contribution in [2.24, 2.45) is 5.92 Å². The molecule has 0 aromatic heterocycles. The van der Waals surface area contributed by atoms with E-state index in [0.717, 1.165) is 30.1 Å². The average Bonchev–Trinajstić information content (AvgIpc) is 3.35. The van der Waals surface area contributed by atoms with Gasteiger partial charge in [-0.25, -0.2) is 8.78 Å². The number of carbonyl (C=O) groups is 1. The van der Waals surface area contributed by atoms with Gasteiger partial charge in [-0.2, -0.15) is 13.2 Å². The summed E-state index contributed by atoms with van der Waals surface area (Å²) in [5.74, 6) is -4.25. The van der Waals surface area contributed by atoms with Crippen molar-refractivity contribution in [3.05, 3.63) is 35.4 Å². The molecular formula is C17H19F5N2O. The first kappa shape index (κ1) is 18.1. The number of carbonyl (C=O) groups excluding carboxylic acids is 1. The highest BCUT2D eigenvalue weighted by Crippen LogP contribution is 2.46. The first-order valence-electron chi connectivity index (χ1n) is 8.31. The van der Waals surface area contributed by atoms with E-state index in [2.05, 4.69) is 5.32 Å². The lowest BCUT2D eigenvalue weighted by atomic mass is 9.97. The molecule has 8 heteroatoms. The molecule has 1 saturated carbocycles. The molecule has 3 rings (SSSR count). The summed E-state index contributed by atoms with van der Waals surface area (Å²) in [5, 5.41) is 3.14. The lowest BCUT2D eigenvalue weighted by Crippen LogP contribution is -2.46. The van der Waals surface area contributed by atoms with Crippen LogP contribution < -0.4 is 5.32 Å². The lowest BCUT2D eigenvalue weighted by Gasteiger charge is -2.31. The molecule has 25 heavy (non-hydrogen) atoms. The molecule has 1 saturated heterocycles. The van der Waals surface area contributed by atoms with Crippen LogP contribution in [0, 0.1) is 17.6 Å². The molecule has 1 aliphatic carbocycles. The molecule has 0 spiro atoms. The number of alkyl halides is 3. The number of nitrogens with one attached hydrogen (secondary N) is 1. The van der Waals surface area contributed by atoms with E-state index in [9.17, 15) is 26.7 Å². The fourth-order valence-corrected chi connectivity index (χ4v) is 3.50. The summed E-state index contributed by atoms with van der Waals surface area (Å²) in [5.41, 5.74) is 0.425. The van der Waals surface area contributed by atoms with Gasteiger partial charge < -0.3 is 10.2 Å². The summed E-state index contributed by atoms with van der Waals surface area (Å²) in [6.07, 6.45) is -3.18. The van der Waals surface area contributed by atoms with Crippen LogP contribution in [0.4, 0.5) is 22.0 Å². The predicted octanol–water partition coefficient (Wildman–Crippen LogP) is 3.21. The van der Waals surface area contributed by atoms with E-state index in [-0.39, 0.29) is 18.4 Å². The van der Waals surface area contributed by atoms with Gasteiger partial charge in [0.25, 0.3) is 0 Å². The maximum Gasteiger partial charge on any atom is 0.471 e. The molecular weight excluding hydrogens is 343 g/mol. The van der Waals surface area contributed by atoms with Crippen molar-refractivity contribution in [1.82, 2.24) is 10.2 Å². The van der Waals surface area contributed by atoms with Crippen LogP contribution in [-0.4, -0.2) is 42.7 Å². The Labute approximate surface area is 142 Å². The molecule has 138 valence electrons. The molecule has 1 aromatic carbocycles. The molecule has 1 aromatic rings. The maximum atomic E-state index is 13.4. The molecule has 1 heterocycles. The van der Waals surface area contributed by atoms with E-state index < -0.39 is 29.8 Å². The second kappa shape index (κ2) is 6.90. The van der Waals surface area contributed by atoms with Crippen molar-refractivity contribution in [2.75, 3.05) is 19.6 Å². The van der Waals surface area contributed by atoms with Gasteiger partial charge in [0.2, 0.25) is 0 Å². The third kappa shape index (κ3) is 4.11. The fourth-order valence-electron chi connectivity index (χ4n) is 3.50. The van der Waals surface area contributed by atoms with Crippen LogP contribution in [0.2, 0.25) is 0 Å². The van der Waals surface area contributed by atoms with Gasteiger partial charge in [-0.05, 0) is 56.0 Å². The van der Waals surface area contributed by atoms with Crippen molar-refractivity contribution in [3.8, 4) is 0 Å². The number of nitrogens with zero attached hydrogens (tertiary/aromatic N) is 1. The van der Waals surface area contributed by atoms with Gasteiger partial charge in [0.15, 0.2) is 11.6 Å². The average molecular weight is 362 g/mol. The second-order valence-corrected chi connectivity index (χ2v) is 6.73. The van der Waals surface area contributed by atoms with Crippen LogP contribution in [0.1, 0.15) is 30.7 Å². The summed E-state index contributed by atoms with van der Waals surface area (Å²) in [6.45, 7) is 1.48. The van der Waals surface area contributed by atoms with Crippen molar-refractivity contribution in [2.45, 2.75) is 37.4 Å². The number of halogens is 5. The van der Waals surface area contributed by atoms with Crippen molar-refractivity contribution in [3.63, 3.8) is 0 Å². The molecule has 1 aliphatic heterocycles. The summed E-state index contributed by atoms with van der Waals surface area (Å²) in [6, 6.07) is 2.71. The third-order valence-corrected chi connectivity index (χ3v) is 4.95. The molecule has 1 amide bonds. The minimum atomic E-state index is -4.94. The van der Waals surface area contributed by atoms with Crippen LogP contribution in [0.3, 0.4) is 0 Å². The van der Waals surface area contributed by atoms with Crippen LogP contribution >= 0.6 is 0 Å². The second-order valence-electron chi connectivity index (χ2n) is 6.73. The lowest BCUT2D eigenvalue weighted by molar-refractivity contribution is -0.186. The van der Waals surface area contributed by atoms with Crippen molar-refractivity contribution < 1.29 is 26.7 Å². The van der Waals surface area contributed by atoms with Crippen molar-refractivity contribution >= 4 is 5.91 Å². The Kier molecular flexibility index (Phi) is 4.99. The Morgan fingerprint density at radius 1 is 1.16 bits per heavy atom. The molecule has 2 unspecified atom stereocenters. The molecule has 0 radical (unpaired) electrons. The van der Waals surface area contributed by atoms with E-state index in [1.54, 1.807) is 0 Å². The van der Waals surface area contributed by atoms with Gasteiger partial charge in [-0.1, -0.05) is 6.07 Å². The molecule has 2 fully saturated rings. The topological polar surface area (TPSA) is 32.3 Å². The standard InChI is InChI=1S/C17H19F5N2O/c18-13-2-1-11(7-14(13)19)12-8-15(12)24(16(25)17(20,21)22)9-10-3-5-23-6-4-10/h1-2,7,10,12,15,23H,3-6,8-9H2. The van der Waals surface area contributed by atoms with E-state index in [1.807, 2.05) is 0 Å².